The molecule has 0 saturated heterocycles. The van der Waals surface area contributed by atoms with Crippen molar-refractivity contribution in [1.82, 2.24) is 4.90 Å². The minimum Gasteiger partial charge on any atom is -0.329 e. The highest BCUT2D eigenvalue weighted by molar-refractivity contribution is 7.07. The Labute approximate surface area is 83.4 Å². The van der Waals surface area contributed by atoms with E-state index in [2.05, 4.69) is 28.8 Å². The van der Waals surface area contributed by atoms with Crippen LogP contribution in [0, 0.1) is 0 Å². The molecule has 2 rings (SSSR count). The second kappa shape index (κ2) is 3.78. The van der Waals surface area contributed by atoms with Gasteiger partial charge in [0.05, 0.1) is 0 Å². The quantitative estimate of drug-likeness (QED) is 0.796. The van der Waals surface area contributed by atoms with Crippen LogP contribution in [0.2, 0.25) is 0 Å². The molecule has 13 heavy (non-hydrogen) atoms. The Morgan fingerprint density at radius 1 is 1.69 bits per heavy atom. The first-order valence-electron chi connectivity index (χ1n) is 4.77. The normalized spacial score (nSPS) is 19.3. The van der Waals surface area contributed by atoms with Gasteiger partial charge in [0.15, 0.2) is 0 Å². The predicted molar refractivity (Wildman–Crippen MR) is 56.9 cm³/mol. The summed E-state index contributed by atoms with van der Waals surface area (Å²) >= 11 is 1.75. The van der Waals surface area contributed by atoms with E-state index in [-0.39, 0.29) is 0 Å². The largest absolute Gasteiger partial charge is 0.329 e. The van der Waals surface area contributed by atoms with Crippen molar-refractivity contribution in [3.8, 4) is 0 Å². The van der Waals surface area contributed by atoms with Gasteiger partial charge in [0.1, 0.15) is 0 Å². The molecule has 0 radical (unpaired) electrons. The molecule has 1 unspecified atom stereocenters. The molecule has 1 atom stereocenters. The summed E-state index contributed by atoms with van der Waals surface area (Å²) in [5.41, 5.74) is 7.17. The van der Waals surface area contributed by atoms with Crippen LogP contribution in [0.5, 0.6) is 0 Å². The first-order chi connectivity index (χ1) is 6.33. The Balaban J connectivity index is 2.08. The molecule has 0 amide bonds. The lowest BCUT2D eigenvalue weighted by atomic mass is 10.1. The Morgan fingerprint density at radius 3 is 2.92 bits per heavy atom. The highest BCUT2D eigenvalue weighted by atomic mass is 32.1. The van der Waals surface area contributed by atoms with E-state index >= 15 is 0 Å². The molecule has 72 valence electrons. The molecular weight excluding hydrogens is 180 g/mol. The van der Waals surface area contributed by atoms with Crippen molar-refractivity contribution in [3.63, 3.8) is 0 Å². The fraction of sp³-hybridized carbons (Fsp3) is 0.600. The zero-order chi connectivity index (χ0) is 9.26. The van der Waals surface area contributed by atoms with Crippen molar-refractivity contribution < 1.29 is 0 Å². The molecule has 1 heterocycles. The van der Waals surface area contributed by atoms with Gasteiger partial charge in [-0.05, 0) is 42.3 Å². The summed E-state index contributed by atoms with van der Waals surface area (Å²) in [6.07, 6.45) is 2.69. The van der Waals surface area contributed by atoms with E-state index in [9.17, 15) is 0 Å². The summed E-state index contributed by atoms with van der Waals surface area (Å²) in [6, 6.07) is 3.40. The third kappa shape index (κ3) is 1.93. The lowest BCUT2D eigenvalue weighted by Crippen LogP contribution is -2.31. The SMILES string of the molecule is CN(C1CC1)C(CN)c1ccsc1. The van der Waals surface area contributed by atoms with E-state index < -0.39 is 0 Å². The molecule has 0 bridgehead atoms. The van der Waals surface area contributed by atoms with Crippen molar-refractivity contribution in [2.75, 3.05) is 13.6 Å². The van der Waals surface area contributed by atoms with Gasteiger partial charge in [-0.3, -0.25) is 4.90 Å². The fourth-order valence-electron chi connectivity index (χ4n) is 1.74. The molecule has 1 fully saturated rings. The van der Waals surface area contributed by atoms with E-state index in [1.165, 1.54) is 18.4 Å². The van der Waals surface area contributed by atoms with Gasteiger partial charge >= 0.3 is 0 Å². The molecule has 0 aliphatic heterocycles. The van der Waals surface area contributed by atoms with Gasteiger partial charge in [0.25, 0.3) is 0 Å². The van der Waals surface area contributed by atoms with Gasteiger partial charge in [-0.15, -0.1) is 0 Å². The summed E-state index contributed by atoms with van der Waals surface area (Å²) < 4.78 is 0. The Morgan fingerprint density at radius 2 is 2.46 bits per heavy atom. The Hall–Kier alpha value is -0.380. The fourth-order valence-corrected chi connectivity index (χ4v) is 2.45. The molecule has 1 aromatic rings. The summed E-state index contributed by atoms with van der Waals surface area (Å²) in [5, 5.41) is 4.33. The highest BCUT2D eigenvalue weighted by Crippen LogP contribution is 2.32. The molecule has 1 aromatic heterocycles. The zero-order valence-electron chi connectivity index (χ0n) is 7.94. The molecule has 0 spiro atoms. The standard InChI is InChI=1S/C10H16N2S/c1-12(9-2-3-9)10(6-11)8-4-5-13-7-8/h4-5,7,9-10H,2-3,6,11H2,1H3. The smallest absolute Gasteiger partial charge is 0.0478 e. The highest BCUT2D eigenvalue weighted by Gasteiger charge is 2.31. The molecule has 1 saturated carbocycles. The van der Waals surface area contributed by atoms with E-state index in [1.807, 2.05) is 0 Å². The van der Waals surface area contributed by atoms with E-state index in [1.54, 1.807) is 11.3 Å². The van der Waals surface area contributed by atoms with Crippen LogP contribution in [0.4, 0.5) is 0 Å². The Kier molecular flexibility index (Phi) is 2.67. The topological polar surface area (TPSA) is 29.3 Å². The van der Waals surface area contributed by atoms with E-state index in [4.69, 9.17) is 5.73 Å². The minimum absolute atomic E-state index is 0.429. The van der Waals surface area contributed by atoms with Crippen LogP contribution in [0.15, 0.2) is 16.8 Å². The maximum Gasteiger partial charge on any atom is 0.0478 e. The van der Waals surface area contributed by atoms with Gasteiger partial charge in [0, 0.05) is 18.6 Å². The second-order valence-corrected chi connectivity index (χ2v) is 4.48. The maximum atomic E-state index is 5.79. The third-order valence-electron chi connectivity index (χ3n) is 2.77. The Bertz CT molecular complexity index is 254. The number of rotatable bonds is 4. The van der Waals surface area contributed by atoms with Crippen LogP contribution < -0.4 is 5.73 Å². The number of nitrogens with two attached hydrogens (primary N) is 1. The van der Waals surface area contributed by atoms with Gasteiger partial charge in [-0.2, -0.15) is 11.3 Å². The van der Waals surface area contributed by atoms with Crippen molar-refractivity contribution in [2.45, 2.75) is 24.9 Å². The molecule has 2 N–H and O–H groups in total. The average molecular weight is 196 g/mol. The minimum atomic E-state index is 0.429. The molecule has 3 heteroatoms. The van der Waals surface area contributed by atoms with Crippen LogP contribution in [0.1, 0.15) is 24.4 Å². The van der Waals surface area contributed by atoms with Crippen molar-refractivity contribution >= 4 is 11.3 Å². The van der Waals surface area contributed by atoms with E-state index in [0.717, 1.165) is 12.6 Å². The van der Waals surface area contributed by atoms with Crippen molar-refractivity contribution in [3.05, 3.63) is 22.4 Å². The van der Waals surface area contributed by atoms with Crippen LogP contribution in [0.3, 0.4) is 0 Å². The van der Waals surface area contributed by atoms with Gasteiger partial charge in [-0.1, -0.05) is 0 Å². The van der Waals surface area contributed by atoms with Gasteiger partial charge in [-0.25, -0.2) is 0 Å². The zero-order valence-corrected chi connectivity index (χ0v) is 8.76. The number of likely N-dealkylation sites (N-methyl/N-ethyl adjacent to an activating group) is 1. The van der Waals surface area contributed by atoms with Gasteiger partial charge in [0.2, 0.25) is 0 Å². The van der Waals surface area contributed by atoms with Crippen LogP contribution >= 0.6 is 11.3 Å². The molecule has 0 aromatic carbocycles. The van der Waals surface area contributed by atoms with Crippen LogP contribution in [-0.4, -0.2) is 24.5 Å². The summed E-state index contributed by atoms with van der Waals surface area (Å²) in [7, 11) is 2.19. The van der Waals surface area contributed by atoms with Crippen molar-refractivity contribution in [2.24, 2.45) is 5.73 Å². The molecule has 1 aliphatic rings. The van der Waals surface area contributed by atoms with Crippen molar-refractivity contribution in [1.29, 1.82) is 0 Å². The molecule has 1 aliphatic carbocycles. The monoisotopic (exact) mass is 196 g/mol. The summed E-state index contributed by atoms with van der Waals surface area (Å²) in [4.78, 5) is 2.42. The third-order valence-corrected chi connectivity index (χ3v) is 3.47. The summed E-state index contributed by atoms with van der Waals surface area (Å²) in [6.45, 7) is 0.726. The first-order valence-corrected chi connectivity index (χ1v) is 5.71. The summed E-state index contributed by atoms with van der Waals surface area (Å²) in [5.74, 6) is 0. The van der Waals surface area contributed by atoms with Crippen LogP contribution in [-0.2, 0) is 0 Å². The number of hydrogen-bond acceptors (Lipinski definition) is 3. The molecular formula is C10H16N2S. The first kappa shape index (κ1) is 9.19. The number of nitrogens with zero attached hydrogens (tertiary/aromatic N) is 1. The lowest BCUT2D eigenvalue weighted by molar-refractivity contribution is 0.240. The number of hydrogen-bond donors (Lipinski definition) is 1. The predicted octanol–water partition coefficient (Wildman–Crippen LogP) is 1.84. The van der Waals surface area contributed by atoms with Gasteiger partial charge < -0.3 is 5.73 Å². The molecule has 2 nitrogen and oxygen atoms in total. The average Bonchev–Trinajstić information content (AvgIpc) is 2.86. The van der Waals surface area contributed by atoms with E-state index in [0.29, 0.717) is 6.04 Å². The second-order valence-electron chi connectivity index (χ2n) is 3.70. The maximum absolute atomic E-state index is 5.79. The lowest BCUT2D eigenvalue weighted by Gasteiger charge is -2.26. The number of thiophene rings is 1. The van der Waals surface area contributed by atoms with Crippen LogP contribution in [0.25, 0.3) is 0 Å².